The van der Waals surface area contributed by atoms with E-state index >= 15 is 0 Å². The van der Waals surface area contributed by atoms with Gasteiger partial charge in [-0.2, -0.15) is 5.26 Å². The Labute approximate surface area is 114 Å². The van der Waals surface area contributed by atoms with Crippen LogP contribution >= 0.6 is 23.2 Å². The number of benzene rings is 2. The molecule has 2 aromatic rings. The zero-order chi connectivity index (χ0) is 13.1. The summed E-state index contributed by atoms with van der Waals surface area (Å²) < 4.78 is 13.1. The van der Waals surface area contributed by atoms with Gasteiger partial charge in [-0.05, 0) is 41.0 Å². The van der Waals surface area contributed by atoms with Crippen LogP contribution in [-0.4, -0.2) is 0 Å². The monoisotopic (exact) mass is 279 g/mol. The zero-order valence-corrected chi connectivity index (χ0v) is 10.8. The Bertz CT molecular complexity index is 632. The third-order valence-electron chi connectivity index (χ3n) is 2.49. The summed E-state index contributed by atoms with van der Waals surface area (Å²) in [6, 6.07) is 11.9. The standard InChI is InChI=1S/C14H8Cl2FN/c15-12-6-9(3-4-18)5-11(7-12)10-1-2-14(17)13(16)8-10/h1-2,5-8H,3H2. The summed E-state index contributed by atoms with van der Waals surface area (Å²) >= 11 is 11.7. The molecule has 0 fully saturated rings. The van der Waals surface area contributed by atoms with Gasteiger partial charge < -0.3 is 0 Å². The summed E-state index contributed by atoms with van der Waals surface area (Å²) in [4.78, 5) is 0. The average Bonchev–Trinajstić information content (AvgIpc) is 2.32. The maximum atomic E-state index is 13.1. The Kier molecular flexibility index (Phi) is 3.86. The van der Waals surface area contributed by atoms with Gasteiger partial charge in [-0.1, -0.05) is 35.3 Å². The van der Waals surface area contributed by atoms with E-state index in [1.807, 2.05) is 6.07 Å². The highest BCUT2D eigenvalue weighted by Gasteiger charge is 2.05. The number of hydrogen-bond acceptors (Lipinski definition) is 1. The van der Waals surface area contributed by atoms with Gasteiger partial charge in [0.25, 0.3) is 0 Å². The summed E-state index contributed by atoms with van der Waals surface area (Å²) in [6.45, 7) is 0. The molecule has 0 heterocycles. The molecule has 0 amide bonds. The minimum absolute atomic E-state index is 0.0642. The van der Waals surface area contributed by atoms with E-state index in [-0.39, 0.29) is 11.4 Å². The van der Waals surface area contributed by atoms with Crippen LogP contribution in [0.4, 0.5) is 4.39 Å². The number of nitriles is 1. The predicted molar refractivity (Wildman–Crippen MR) is 71.2 cm³/mol. The predicted octanol–water partition coefficient (Wildman–Crippen LogP) is 4.87. The smallest absolute Gasteiger partial charge is 0.141 e. The van der Waals surface area contributed by atoms with Crippen molar-refractivity contribution in [2.75, 3.05) is 0 Å². The molecule has 2 rings (SSSR count). The first kappa shape index (κ1) is 12.9. The number of rotatable bonds is 2. The fourth-order valence-electron chi connectivity index (χ4n) is 1.69. The van der Waals surface area contributed by atoms with Crippen molar-refractivity contribution >= 4 is 23.2 Å². The molecule has 0 aliphatic rings. The minimum Gasteiger partial charge on any atom is -0.205 e. The van der Waals surface area contributed by atoms with E-state index in [1.54, 1.807) is 24.3 Å². The van der Waals surface area contributed by atoms with Gasteiger partial charge in [0.2, 0.25) is 0 Å². The second kappa shape index (κ2) is 5.39. The number of hydrogen-bond donors (Lipinski definition) is 0. The van der Waals surface area contributed by atoms with Gasteiger partial charge in [0, 0.05) is 5.02 Å². The lowest BCUT2D eigenvalue weighted by atomic mass is 10.0. The molecule has 0 bridgehead atoms. The normalized spacial score (nSPS) is 10.1. The van der Waals surface area contributed by atoms with Crippen LogP contribution in [0.1, 0.15) is 5.56 Å². The van der Waals surface area contributed by atoms with Crippen molar-refractivity contribution in [3.63, 3.8) is 0 Å². The molecule has 1 nitrogen and oxygen atoms in total. The summed E-state index contributed by atoms with van der Waals surface area (Å²) in [6.07, 6.45) is 0.280. The molecular formula is C14H8Cl2FN. The number of nitrogens with zero attached hydrogens (tertiary/aromatic N) is 1. The summed E-state index contributed by atoms with van der Waals surface area (Å²) in [5, 5.41) is 9.29. The van der Waals surface area contributed by atoms with E-state index in [1.165, 1.54) is 6.07 Å². The van der Waals surface area contributed by atoms with E-state index in [4.69, 9.17) is 28.5 Å². The molecule has 2 aromatic carbocycles. The Morgan fingerprint density at radius 3 is 2.50 bits per heavy atom. The first-order valence-electron chi connectivity index (χ1n) is 5.22. The lowest BCUT2D eigenvalue weighted by molar-refractivity contribution is 0.628. The van der Waals surface area contributed by atoms with Crippen LogP contribution in [0.15, 0.2) is 36.4 Å². The zero-order valence-electron chi connectivity index (χ0n) is 9.25. The van der Waals surface area contributed by atoms with Crippen molar-refractivity contribution in [2.24, 2.45) is 0 Å². The van der Waals surface area contributed by atoms with Crippen LogP contribution in [0.25, 0.3) is 11.1 Å². The molecule has 0 radical (unpaired) electrons. The van der Waals surface area contributed by atoms with Crippen molar-refractivity contribution < 1.29 is 4.39 Å². The van der Waals surface area contributed by atoms with Gasteiger partial charge in [-0.3, -0.25) is 0 Å². The van der Waals surface area contributed by atoms with Crippen molar-refractivity contribution in [2.45, 2.75) is 6.42 Å². The van der Waals surface area contributed by atoms with E-state index in [9.17, 15) is 4.39 Å². The summed E-state index contributed by atoms with van der Waals surface area (Å²) in [5.74, 6) is -0.459. The molecule has 0 aliphatic heterocycles. The quantitative estimate of drug-likeness (QED) is 0.770. The van der Waals surface area contributed by atoms with Crippen molar-refractivity contribution in [1.29, 1.82) is 5.26 Å². The molecule has 0 saturated heterocycles. The molecule has 4 heteroatoms. The van der Waals surface area contributed by atoms with Crippen LogP contribution in [0.5, 0.6) is 0 Å². The second-order valence-corrected chi connectivity index (χ2v) is 4.66. The highest BCUT2D eigenvalue weighted by molar-refractivity contribution is 6.31. The van der Waals surface area contributed by atoms with E-state index in [0.29, 0.717) is 5.02 Å². The highest BCUT2D eigenvalue weighted by Crippen LogP contribution is 2.28. The number of halogens is 3. The molecule has 0 unspecified atom stereocenters. The molecular weight excluding hydrogens is 272 g/mol. The highest BCUT2D eigenvalue weighted by atomic mass is 35.5. The topological polar surface area (TPSA) is 23.8 Å². The first-order valence-corrected chi connectivity index (χ1v) is 5.97. The summed E-state index contributed by atoms with van der Waals surface area (Å²) in [7, 11) is 0. The van der Waals surface area contributed by atoms with Gasteiger partial charge in [0.1, 0.15) is 5.82 Å². The SMILES string of the molecule is N#CCc1cc(Cl)cc(-c2ccc(F)c(Cl)c2)c1. The Hall–Kier alpha value is -1.56. The lowest BCUT2D eigenvalue weighted by Crippen LogP contribution is -1.86. The van der Waals surface area contributed by atoms with Crippen molar-refractivity contribution in [3.05, 3.63) is 57.8 Å². The molecule has 0 aliphatic carbocycles. The van der Waals surface area contributed by atoms with E-state index in [2.05, 4.69) is 6.07 Å². The molecule has 0 aromatic heterocycles. The van der Waals surface area contributed by atoms with Crippen molar-refractivity contribution in [3.8, 4) is 17.2 Å². The Balaban J connectivity index is 2.50. The molecule has 0 atom stereocenters. The Morgan fingerprint density at radius 2 is 1.83 bits per heavy atom. The van der Waals surface area contributed by atoms with Gasteiger partial charge in [0.15, 0.2) is 0 Å². The third-order valence-corrected chi connectivity index (χ3v) is 3.00. The fraction of sp³-hybridized carbons (Fsp3) is 0.0714. The van der Waals surface area contributed by atoms with Gasteiger partial charge >= 0.3 is 0 Å². The molecule has 0 spiro atoms. The third kappa shape index (κ3) is 2.81. The van der Waals surface area contributed by atoms with Gasteiger partial charge in [0.05, 0.1) is 17.5 Å². The van der Waals surface area contributed by atoms with Crippen molar-refractivity contribution in [1.82, 2.24) is 0 Å². The molecule has 18 heavy (non-hydrogen) atoms. The molecule has 90 valence electrons. The van der Waals surface area contributed by atoms with Gasteiger partial charge in [-0.15, -0.1) is 0 Å². The lowest BCUT2D eigenvalue weighted by Gasteiger charge is -2.06. The summed E-state index contributed by atoms with van der Waals surface area (Å²) in [5.41, 5.74) is 2.40. The minimum atomic E-state index is -0.459. The maximum absolute atomic E-state index is 13.1. The maximum Gasteiger partial charge on any atom is 0.141 e. The van der Waals surface area contributed by atoms with Gasteiger partial charge in [-0.25, -0.2) is 4.39 Å². The first-order chi connectivity index (χ1) is 8.60. The van der Waals surface area contributed by atoms with E-state index < -0.39 is 5.82 Å². The molecule has 0 N–H and O–H groups in total. The second-order valence-electron chi connectivity index (χ2n) is 3.81. The Morgan fingerprint density at radius 1 is 1.06 bits per heavy atom. The van der Waals surface area contributed by atoms with Crippen LogP contribution < -0.4 is 0 Å². The van der Waals surface area contributed by atoms with E-state index in [0.717, 1.165) is 16.7 Å². The van der Waals surface area contributed by atoms with Crippen LogP contribution in [0.3, 0.4) is 0 Å². The van der Waals surface area contributed by atoms with Crippen LogP contribution in [0, 0.1) is 17.1 Å². The van der Waals surface area contributed by atoms with Crippen LogP contribution in [-0.2, 0) is 6.42 Å². The molecule has 0 saturated carbocycles. The van der Waals surface area contributed by atoms with Crippen LogP contribution in [0.2, 0.25) is 10.0 Å². The fourth-order valence-corrected chi connectivity index (χ4v) is 2.12. The largest absolute Gasteiger partial charge is 0.205 e. The average molecular weight is 280 g/mol.